The Kier molecular flexibility index (Phi) is 5.42. The lowest BCUT2D eigenvalue weighted by Gasteiger charge is -2.28. The number of nitrogens with zero attached hydrogens (tertiary/aromatic N) is 1. The summed E-state index contributed by atoms with van der Waals surface area (Å²) in [5.41, 5.74) is 1.49. The van der Waals surface area contributed by atoms with Crippen LogP contribution in [0.1, 0.15) is 56.9 Å². The predicted molar refractivity (Wildman–Crippen MR) is 105 cm³/mol. The molecule has 1 aromatic carbocycles. The highest BCUT2D eigenvalue weighted by atomic mass is 32.2. The van der Waals surface area contributed by atoms with Crippen molar-refractivity contribution in [3.63, 3.8) is 0 Å². The van der Waals surface area contributed by atoms with E-state index >= 15 is 0 Å². The Morgan fingerprint density at radius 1 is 1.07 bits per heavy atom. The van der Waals surface area contributed by atoms with Gasteiger partial charge < -0.3 is 10.6 Å². The fourth-order valence-corrected chi connectivity index (χ4v) is 6.20. The largest absolute Gasteiger partial charge is 0.352 e. The SMILES string of the molecule is O=C1CCc2cc(S(=O)(=O)N3CCCC3C(=O)NC3CCCCC3)ccc2N1. The zero-order valence-corrected chi connectivity index (χ0v) is 16.8. The van der Waals surface area contributed by atoms with Gasteiger partial charge in [0.05, 0.1) is 4.90 Å². The molecule has 7 nitrogen and oxygen atoms in total. The standard InChI is InChI=1S/C20H27N3O4S/c24-19-11-8-14-13-16(9-10-17(14)22-19)28(26,27)23-12-4-7-18(23)20(25)21-15-5-2-1-3-6-15/h9-10,13,15,18H,1-8,11-12H2,(H,21,25)(H,22,24). The lowest BCUT2D eigenvalue weighted by Crippen LogP contribution is -2.49. The zero-order chi connectivity index (χ0) is 19.7. The molecule has 0 radical (unpaired) electrons. The van der Waals surface area contributed by atoms with Crippen molar-refractivity contribution in [2.75, 3.05) is 11.9 Å². The molecule has 1 aromatic rings. The quantitative estimate of drug-likeness (QED) is 0.803. The Morgan fingerprint density at radius 3 is 2.64 bits per heavy atom. The van der Waals surface area contributed by atoms with Crippen LogP contribution in [0.25, 0.3) is 0 Å². The first-order valence-corrected chi connectivity index (χ1v) is 11.6. The van der Waals surface area contributed by atoms with Gasteiger partial charge in [0, 0.05) is 24.7 Å². The number of hydrogen-bond acceptors (Lipinski definition) is 4. The van der Waals surface area contributed by atoms with Crippen LogP contribution in [0.5, 0.6) is 0 Å². The van der Waals surface area contributed by atoms with Gasteiger partial charge in [-0.1, -0.05) is 19.3 Å². The van der Waals surface area contributed by atoms with Crippen LogP contribution in [0.4, 0.5) is 5.69 Å². The average Bonchev–Trinajstić information content (AvgIpc) is 3.19. The zero-order valence-electron chi connectivity index (χ0n) is 15.9. The van der Waals surface area contributed by atoms with Crippen molar-refractivity contribution in [2.45, 2.75) is 74.8 Å². The monoisotopic (exact) mass is 405 g/mol. The number of nitrogens with one attached hydrogen (secondary N) is 2. The minimum absolute atomic E-state index is 0.0536. The summed E-state index contributed by atoms with van der Waals surface area (Å²) in [5, 5.41) is 5.85. The topological polar surface area (TPSA) is 95.6 Å². The number of fused-ring (bicyclic) bond motifs is 1. The number of rotatable bonds is 4. The van der Waals surface area contributed by atoms with Crippen LogP contribution < -0.4 is 10.6 Å². The Bertz CT molecular complexity index is 877. The molecular formula is C20H27N3O4S. The highest BCUT2D eigenvalue weighted by Crippen LogP contribution is 2.31. The molecule has 1 unspecified atom stereocenters. The van der Waals surface area contributed by atoms with E-state index < -0.39 is 16.1 Å². The molecule has 1 saturated heterocycles. The lowest BCUT2D eigenvalue weighted by atomic mass is 9.95. The maximum Gasteiger partial charge on any atom is 0.243 e. The molecule has 2 heterocycles. The van der Waals surface area contributed by atoms with E-state index in [0.29, 0.717) is 37.9 Å². The predicted octanol–water partition coefficient (Wildman–Crippen LogP) is 2.17. The number of benzene rings is 1. The highest BCUT2D eigenvalue weighted by Gasteiger charge is 2.40. The Balaban J connectivity index is 1.53. The van der Waals surface area contributed by atoms with Gasteiger partial charge >= 0.3 is 0 Å². The van der Waals surface area contributed by atoms with Gasteiger partial charge in [-0.3, -0.25) is 9.59 Å². The van der Waals surface area contributed by atoms with Gasteiger partial charge in [-0.05, 0) is 55.9 Å². The molecule has 0 bridgehead atoms. The highest BCUT2D eigenvalue weighted by molar-refractivity contribution is 7.89. The molecule has 1 saturated carbocycles. The van der Waals surface area contributed by atoms with Gasteiger partial charge in [-0.15, -0.1) is 0 Å². The molecule has 0 aromatic heterocycles. The normalized spacial score (nSPS) is 23.9. The molecule has 2 N–H and O–H groups in total. The van der Waals surface area contributed by atoms with Crippen molar-refractivity contribution in [1.29, 1.82) is 0 Å². The fourth-order valence-electron chi connectivity index (χ4n) is 4.49. The van der Waals surface area contributed by atoms with Crippen LogP contribution >= 0.6 is 0 Å². The van der Waals surface area contributed by atoms with Crippen molar-refractivity contribution < 1.29 is 18.0 Å². The number of carbonyl (C=O) groups excluding carboxylic acids is 2. The van der Waals surface area contributed by atoms with E-state index in [2.05, 4.69) is 10.6 Å². The Morgan fingerprint density at radius 2 is 1.86 bits per heavy atom. The van der Waals surface area contributed by atoms with Gasteiger partial charge in [0.1, 0.15) is 6.04 Å². The molecule has 1 atom stereocenters. The van der Waals surface area contributed by atoms with Crippen molar-refractivity contribution in [1.82, 2.24) is 9.62 Å². The molecule has 2 aliphatic heterocycles. The fraction of sp³-hybridized carbons (Fsp3) is 0.600. The van der Waals surface area contributed by atoms with Crippen molar-refractivity contribution in [3.05, 3.63) is 23.8 Å². The minimum atomic E-state index is -3.76. The third-order valence-corrected chi connectivity index (χ3v) is 7.94. The van der Waals surface area contributed by atoms with Gasteiger partial charge in [0.25, 0.3) is 0 Å². The van der Waals surface area contributed by atoms with Crippen LogP contribution in [-0.2, 0) is 26.0 Å². The van der Waals surface area contributed by atoms with Crippen molar-refractivity contribution in [2.24, 2.45) is 0 Å². The minimum Gasteiger partial charge on any atom is -0.352 e. The van der Waals surface area contributed by atoms with Crippen molar-refractivity contribution >= 4 is 27.5 Å². The summed E-state index contributed by atoms with van der Waals surface area (Å²) in [4.78, 5) is 24.5. The van der Waals surface area contributed by atoms with Crippen LogP contribution in [0.15, 0.2) is 23.1 Å². The van der Waals surface area contributed by atoms with Gasteiger partial charge in [-0.2, -0.15) is 4.31 Å². The van der Waals surface area contributed by atoms with Crippen LogP contribution in [-0.4, -0.2) is 43.2 Å². The van der Waals surface area contributed by atoms with E-state index in [0.717, 1.165) is 31.2 Å². The van der Waals surface area contributed by atoms with E-state index in [-0.39, 0.29) is 22.8 Å². The van der Waals surface area contributed by atoms with E-state index in [9.17, 15) is 18.0 Å². The average molecular weight is 406 g/mol. The first-order valence-electron chi connectivity index (χ1n) is 10.2. The maximum atomic E-state index is 13.3. The molecule has 28 heavy (non-hydrogen) atoms. The summed E-state index contributed by atoms with van der Waals surface area (Å²) >= 11 is 0. The maximum absolute atomic E-state index is 13.3. The summed E-state index contributed by atoms with van der Waals surface area (Å²) in [7, 11) is -3.76. The molecule has 1 aliphatic carbocycles. The van der Waals surface area contributed by atoms with Crippen molar-refractivity contribution in [3.8, 4) is 0 Å². The van der Waals surface area contributed by atoms with Gasteiger partial charge in [-0.25, -0.2) is 8.42 Å². The molecule has 2 fully saturated rings. The number of anilines is 1. The number of carbonyl (C=O) groups is 2. The summed E-state index contributed by atoms with van der Waals surface area (Å²) < 4.78 is 27.9. The third-order valence-electron chi connectivity index (χ3n) is 6.04. The van der Waals surface area contributed by atoms with E-state index in [1.54, 1.807) is 12.1 Å². The molecule has 152 valence electrons. The summed E-state index contributed by atoms with van der Waals surface area (Å²) in [6, 6.07) is 4.33. The second-order valence-electron chi connectivity index (χ2n) is 7.98. The van der Waals surface area contributed by atoms with Crippen LogP contribution in [0, 0.1) is 0 Å². The smallest absolute Gasteiger partial charge is 0.243 e. The van der Waals surface area contributed by atoms with Gasteiger partial charge in [0.15, 0.2) is 0 Å². The first-order chi connectivity index (χ1) is 13.4. The molecule has 2 amide bonds. The molecule has 0 spiro atoms. The molecule has 3 aliphatic rings. The third kappa shape index (κ3) is 3.80. The molecule has 4 rings (SSSR count). The summed E-state index contributed by atoms with van der Waals surface area (Å²) in [5.74, 6) is -0.222. The van der Waals surface area contributed by atoms with Gasteiger partial charge in [0.2, 0.25) is 21.8 Å². The molecular weight excluding hydrogens is 378 g/mol. The summed E-state index contributed by atoms with van der Waals surface area (Å²) in [6.07, 6.45) is 7.50. The number of hydrogen-bond donors (Lipinski definition) is 2. The van der Waals surface area contributed by atoms with E-state index in [1.165, 1.54) is 16.8 Å². The number of sulfonamides is 1. The Hall–Kier alpha value is -1.93. The lowest BCUT2D eigenvalue weighted by molar-refractivity contribution is -0.125. The van der Waals surface area contributed by atoms with Crippen LogP contribution in [0.3, 0.4) is 0 Å². The second kappa shape index (κ2) is 7.83. The Labute approximate surface area is 165 Å². The molecule has 8 heteroatoms. The first kappa shape index (κ1) is 19.4. The second-order valence-corrected chi connectivity index (χ2v) is 9.87. The number of aryl methyl sites for hydroxylation is 1. The summed E-state index contributed by atoms with van der Waals surface area (Å²) in [6.45, 7) is 0.360. The van der Waals surface area contributed by atoms with Crippen LogP contribution in [0.2, 0.25) is 0 Å². The van der Waals surface area contributed by atoms with E-state index in [4.69, 9.17) is 0 Å². The number of amides is 2. The van der Waals surface area contributed by atoms with E-state index in [1.807, 2.05) is 0 Å².